The van der Waals surface area contributed by atoms with Gasteiger partial charge in [-0.2, -0.15) is 4.98 Å². The van der Waals surface area contributed by atoms with Crippen LogP contribution in [0.1, 0.15) is 53.1 Å². The van der Waals surface area contributed by atoms with Crippen LogP contribution in [-0.4, -0.2) is 38.1 Å². The van der Waals surface area contributed by atoms with E-state index < -0.39 is 16.9 Å². The van der Waals surface area contributed by atoms with E-state index in [4.69, 9.17) is 4.74 Å². The second-order valence-electron chi connectivity index (χ2n) is 7.61. The molecule has 1 amide bonds. The Morgan fingerprint density at radius 1 is 1.31 bits per heavy atom. The second kappa shape index (κ2) is 9.41. The zero-order valence-corrected chi connectivity index (χ0v) is 19.8. The minimum Gasteiger partial charge on any atom is -0.462 e. The fourth-order valence-electron chi connectivity index (χ4n) is 3.65. The molecule has 1 unspecified atom stereocenters. The van der Waals surface area contributed by atoms with Crippen LogP contribution in [0.4, 0.5) is 5.00 Å². The Hall–Kier alpha value is -2.72. The quantitative estimate of drug-likeness (QED) is 0.432. The highest BCUT2D eigenvalue weighted by atomic mass is 32.2. The van der Waals surface area contributed by atoms with Crippen LogP contribution in [0.25, 0.3) is 5.65 Å². The molecule has 0 fully saturated rings. The Bertz CT molecular complexity index is 1250. The molecular weight excluding hydrogens is 448 g/mol. The molecule has 0 saturated heterocycles. The van der Waals surface area contributed by atoms with Gasteiger partial charge in [-0.1, -0.05) is 11.8 Å². The highest BCUT2D eigenvalue weighted by Crippen LogP contribution is 2.39. The number of ether oxygens (including phenoxy) is 1. The molecule has 0 spiro atoms. The minimum atomic E-state index is -0.573. The highest BCUT2D eigenvalue weighted by molar-refractivity contribution is 8.00. The lowest BCUT2D eigenvalue weighted by atomic mass is 9.95. The summed E-state index contributed by atoms with van der Waals surface area (Å²) in [6, 6.07) is 3.60. The van der Waals surface area contributed by atoms with Gasteiger partial charge in [0.25, 0.3) is 0 Å². The number of thiophene rings is 1. The van der Waals surface area contributed by atoms with Gasteiger partial charge in [0.2, 0.25) is 5.91 Å². The third-order valence-corrected chi connectivity index (χ3v) is 7.40. The van der Waals surface area contributed by atoms with E-state index in [9.17, 15) is 14.4 Å². The van der Waals surface area contributed by atoms with Crippen molar-refractivity contribution in [1.82, 2.24) is 14.4 Å². The normalized spacial score (nSPS) is 14.1. The van der Waals surface area contributed by atoms with E-state index in [-0.39, 0.29) is 17.7 Å². The summed E-state index contributed by atoms with van der Waals surface area (Å²) in [7, 11) is 0. The number of esters is 1. The lowest BCUT2D eigenvalue weighted by Crippen LogP contribution is -2.25. The van der Waals surface area contributed by atoms with Gasteiger partial charge in [-0.25, -0.2) is 14.6 Å². The molecule has 1 aliphatic carbocycles. The van der Waals surface area contributed by atoms with Gasteiger partial charge < -0.3 is 10.1 Å². The zero-order chi connectivity index (χ0) is 22.8. The number of nitrogens with one attached hydrogen (secondary N) is 1. The van der Waals surface area contributed by atoms with Crippen LogP contribution in [0.15, 0.2) is 28.3 Å². The Kier molecular flexibility index (Phi) is 6.61. The first-order valence-corrected chi connectivity index (χ1v) is 12.2. The lowest BCUT2D eigenvalue weighted by Gasteiger charge is -2.13. The van der Waals surface area contributed by atoms with E-state index in [0.29, 0.717) is 16.2 Å². The first-order chi connectivity index (χ1) is 15.4. The first-order valence-electron chi connectivity index (χ1n) is 10.5. The molecule has 4 rings (SSSR count). The first kappa shape index (κ1) is 22.5. The van der Waals surface area contributed by atoms with Gasteiger partial charge in [0.1, 0.15) is 10.6 Å². The standard InChI is InChI=1S/C22H24N4O4S2/c1-4-30-20(28)17-14-7-5-6-8-15(14)32-19(17)24-18(27)13(3)31-21-23-16-11-12(2)9-10-26(16)22(29)25-21/h9-11,13H,4-8H2,1-3H3,(H,24,27). The van der Waals surface area contributed by atoms with Crippen molar-refractivity contribution in [2.75, 3.05) is 11.9 Å². The van der Waals surface area contributed by atoms with E-state index in [2.05, 4.69) is 15.3 Å². The summed E-state index contributed by atoms with van der Waals surface area (Å²) in [6.07, 6.45) is 5.44. The van der Waals surface area contributed by atoms with Crippen molar-refractivity contribution in [3.8, 4) is 0 Å². The number of carbonyl (C=O) groups excluding carboxylic acids is 2. The molecule has 0 bridgehead atoms. The van der Waals surface area contributed by atoms with Gasteiger partial charge in [-0.3, -0.25) is 9.20 Å². The molecule has 3 aromatic rings. The highest BCUT2D eigenvalue weighted by Gasteiger charge is 2.28. The lowest BCUT2D eigenvalue weighted by molar-refractivity contribution is -0.115. The van der Waals surface area contributed by atoms with E-state index in [1.165, 1.54) is 15.7 Å². The minimum absolute atomic E-state index is 0.236. The topological polar surface area (TPSA) is 103 Å². The number of thioether (sulfide) groups is 1. The van der Waals surface area contributed by atoms with Gasteiger partial charge in [0.05, 0.1) is 17.4 Å². The zero-order valence-electron chi connectivity index (χ0n) is 18.1. The monoisotopic (exact) mass is 472 g/mol. The molecule has 1 atom stereocenters. The van der Waals surface area contributed by atoms with Crippen molar-refractivity contribution < 1.29 is 14.3 Å². The van der Waals surface area contributed by atoms with Crippen molar-refractivity contribution in [1.29, 1.82) is 0 Å². The molecular formula is C22H24N4O4S2. The molecule has 8 nitrogen and oxygen atoms in total. The van der Waals surface area contributed by atoms with E-state index in [1.54, 1.807) is 26.1 Å². The van der Waals surface area contributed by atoms with Gasteiger partial charge in [0.15, 0.2) is 5.16 Å². The Labute approximate surface area is 193 Å². The SMILES string of the molecule is CCOC(=O)c1c(NC(=O)C(C)Sc2nc(=O)n3ccc(C)cc3n2)sc2c1CCCC2. The number of rotatable bonds is 6. The average molecular weight is 473 g/mol. The smallest absolute Gasteiger partial charge is 0.355 e. The summed E-state index contributed by atoms with van der Waals surface area (Å²) in [6.45, 7) is 5.68. The van der Waals surface area contributed by atoms with Crippen LogP contribution in [0.2, 0.25) is 0 Å². The number of hydrogen-bond donors (Lipinski definition) is 1. The molecule has 3 aromatic heterocycles. The fraction of sp³-hybridized carbons (Fsp3) is 0.409. The molecule has 1 N–H and O–H groups in total. The number of fused-ring (bicyclic) bond motifs is 2. The summed E-state index contributed by atoms with van der Waals surface area (Å²) in [4.78, 5) is 47.4. The number of pyridine rings is 1. The number of aryl methyl sites for hydroxylation is 2. The predicted molar refractivity (Wildman–Crippen MR) is 125 cm³/mol. The molecule has 32 heavy (non-hydrogen) atoms. The Morgan fingerprint density at radius 2 is 2.09 bits per heavy atom. The van der Waals surface area contributed by atoms with Gasteiger partial charge in [-0.05, 0) is 69.7 Å². The average Bonchev–Trinajstić information content (AvgIpc) is 3.11. The van der Waals surface area contributed by atoms with E-state index >= 15 is 0 Å². The maximum absolute atomic E-state index is 12.9. The molecule has 1 aliphatic rings. The molecule has 0 aromatic carbocycles. The maximum atomic E-state index is 12.9. The summed E-state index contributed by atoms with van der Waals surface area (Å²) in [5, 5.41) is 3.10. The number of nitrogens with zero attached hydrogens (tertiary/aromatic N) is 3. The van der Waals surface area contributed by atoms with Crippen molar-refractivity contribution >= 4 is 45.6 Å². The van der Waals surface area contributed by atoms with Gasteiger partial charge >= 0.3 is 11.7 Å². The van der Waals surface area contributed by atoms with Crippen LogP contribution in [0, 0.1) is 6.92 Å². The van der Waals surface area contributed by atoms with Gasteiger partial charge in [-0.15, -0.1) is 11.3 Å². The number of amides is 1. The van der Waals surface area contributed by atoms with Crippen molar-refractivity contribution in [3.63, 3.8) is 0 Å². The number of aromatic nitrogens is 3. The largest absolute Gasteiger partial charge is 0.462 e. The molecule has 0 aliphatic heterocycles. The van der Waals surface area contributed by atoms with Crippen LogP contribution >= 0.6 is 23.1 Å². The third kappa shape index (κ3) is 4.56. The van der Waals surface area contributed by atoms with E-state index in [1.807, 2.05) is 13.0 Å². The predicted octanol–water partition coefficient (Wildman–Crippen LogP) is 3.63. The Morgan fingerprint density at radius 3 is 2.88 bits per heavy atom. The van der Waals surface area contributed by atoms with E-state index in [0.717, 1.165) is 53.4 Å². The number of carbonyl (C=O) groups is 2. The van der Waals surface area contributed by atoms with Crippen LogP contribution in [0.5, 0.6) is 0 Å². The number of hydrogen-bond acceptors (Lipinski definition) is 8. The van der Waals surface area contributed by atoms with Crippen molar-refractivity contribution in [3.05, 3.63) is 50.4 Å². The summed E-state index contributed by atoms with van der Waals surface area (Å²) >= 11 is 2.55. The Balaban J connectivity index is 1.56. The van der Waals surface area contributed by atoms with Crippen LogP contribution in [-0.2, 0) is 22.4 Å². The van der Waals surface area contributed by atoms with Crippen molar-refractivity contribution in [2.24, 2.45) is 0 Å². The third-order valence-electron chi connectivity index (χ3n) is 5.24. The van der Waals surface area contributed by atoms with Crippen molar-refractivity contribution in [2.45, 2.75) is 56.9 Å². The maximum Gasteiger partial charge on any atom is 0.355 e. The fourth-order valence-corrected chi connectivity index (χ4v) is 5.69. The van der Waals surface area contributed by atoms with Gasteiger partial charge in [0, 0.05) is 11.1 Å². The molecule has 3 heterocycles. The number of anilines is 1. The summed E-state index contributed by atoms with van der Waals surface area (Å²) < 4.78 is 6.61. The van der Waals surface area contributed by atoms with Crippen LogP contribution < -0.4 is 11.0 Å². The molecule has 10 heteroatoms. The molecule has 0 saturated carbocycles. The summed E-state index contributed by atoms with van der Waals surface area (Å²) in [5.74, 6) is -0.684. The molecule has 168 valence electrons. The summed E-state index contributed by atoms with van der Waals surface area (Å²) in [5.41, 5.74) is 2.48. The van der Waals surface area contributed by atoms with Crippen LogP contribution in [0.3, 0.4) is 0 Å². The molecule has 0 radical (unpaired) electrons. The second-order valence-corrected chi connectivity index (χ2v) is 10.0.